The Bertz CT molecular complexity index is 392. The molecule has 0 aliphatic carbocycles. The summed E-state index contributed by atoms with van der Waals surface area (Å²) in [6.45, 7) is 9.84. The average Bonchev–Trinajstić information content (AvgIpc) is 2.54. The SMILES string of the molecule is Cc1nc(CNC(C)(C(N)=O)C(C)C)oc1C. The van der Waals surface area contributed by atoms with Gasteiger partial charge in [0.1, 0.15) is 5.76 Å². The molecule has 1 heterocycles. The van der Waals surface area contributed by atoms with E-state index in [1.807, 2.05) is 27.7 Å². The summed E-state index contributed by atoms with van der Waals surface area (Å²) in [6.07, 6.45) is 0. The number of nitrogens with zero attached hydrogens (tertiary/aromatic N) is 1. The number of aromatic nitrogens is 1. The lowest BCUT2D eigenvalue weighted by atomic mass is 9.88. The molecule has 0 aromatic carbocycles. The van der Waals surface area contributed by atoms with Gasteiger partial charge in [0, 0.05) is 0 Å². The second-order valence-corrected chi connectivity index (χ2v) is 4.82. The van der Waals surface area contributed by atoms with Crippen LogP contribution in [-0.4, -0.2) is 16.4 Å². The molecule has 5 heteroatoms. The lowest BCUT2D eigenvalue weighted by Crippen LogP contribution is -2.56. The molecule has 96 valence electrons. The molecule has 0 saturated carbocycles. The fraction of sp³-hybridized carbons (Fsp3) is 0.667. The predicted molar refractivity (Wildman–Crippen MR) is 65.3 cm³/mol. The first-order chi connectivity index (χ1) is 7.77. The van der Waals surface area contributed by atoms with Gasteiger partial charge in [0.05, 0.1) is 17.8 Å². The molecule has 1 aromatic rings. The van der Waals surface area contributed by atoms with Crippen molar-refractivity contribution in [2.45, 2.75) is 46.7 Å². The van der Waals surface area contributed by atoms with Gasteiger partial charge in [-0.2, -0.15) is 0 Å². The van der Waals surface area contributed by atoms with Crippen LogP contribution in [0.15, 0.2) is 4.42 Å². The number of carbonyl (C=O) groups is 1. The minimum Gasteiger partial charge on any atom is -0.444 e. The lowest BCUT2D eigenvalue weighted by Gasteiger charge is -2.31. The van der Waals surface area contributed by atoms with Crippen LogP contribution in [0.25, 0.3) is 0 Å². The van der Waals surface area contributed by atoms with Gasteiger partial charge in [-0.25, -0.2) is 4.98 Å². The highest BCUT2D eigenvalue weighted by molar-refractivity contribution is 5.84. The summed E-state index contributed by atoms with van der Waals surface area (Å²) in [6, 6.07) is 0. The molecule has 0 fully saturated rings. The van der Waals surface area contributed by atoms with E-state index in [-0.39, 0.29) is 11.8 Å². The van der Waals surface area contributed by atoms with Crippen LogP contribution in [0.2, 0.25) is 0 Å². The van der Waals surface area contributed by atoms with Gasteiger partial charge in [0.25, 0.3) is 0 Å². The number of aryl methyl sites for hydroxylation is 2. The van der Waals surface area contributed by atoms with E-state index in [9.17, 15) is 4.79 Å². The minimum atomic E-state index is -0.754. The van der Waals surface area contributed by atoms with Crippen molar-refractivity contribution >= 4 is 5.91 Å². The van der Waals surface area contributed by atoms with Crippen LogP contribution >= 0.6 is 0 Å². The lowest BCUT2D eigenvalue weighted by molar-refractivity contribution is -0.125. The Morgan fingerprint density at radius 2 is 2.12 bits per heavy atom. The molecule has 0 aliphatic heterocycles. The van der Waals surface area contributed by atoms with Crippen molar-refractivity contribution in [2.24, 2.45) is 11.7 Å². The van der Waals surface area contributed by atoms with Crippen molar-refractivity contribution in [3.63, 3.8) is 0 Å². The Morgan fingerprint density at radius 3 is 2.47 bits per heavy atom. The van der Waals surface area contributed by atoms with Crippen LogP contribution in [-0.2, 0) is 11.3 Å². The second-order valence-electron chi connectivity index (χ2n) is 4.82. The zero-order valence-corrected chi connectivity index (χ0v) is 11.1. The molecule has 0 bridgehead atoms. The predicted octanol–water partition coefficient (Wildman–Crippen LogP) is 1.28. The largest absolute Gasteiger partial charge is 0.444 e. The number of nitrogens with one attached hydrogen (secondary N) is 1. The number of rotatable bonds is 5. The maximum atomic E-state index is 11.5. The summed E-state index contributed by atoms with van der Waals surface area (Å²) in [5.74, 6) is 1.10. The summed E-state index contributed by atoms with van der Waals surface area (Å²) in [7, 11) is 0. The standard InChI is InChI=1S/C12H21N3O2/c1-7(2)12(5,11(13)16)14-6-10-15-8(3)9(4)17-10/h7,14H,6H2,1-5H3,(H2,13,16). The van der Waals surface area contributed by atoms with Gasteiger partial charge in [0.15, 0.2) is 0 Å². The van der Waals surface area contributed by atoms with Crippen molar-refractivity contribution in [3.05, 3.63) is 17.3 Å². The summed E-state index contributed by atoms with van der Waals surface area (Å²) in [5.41, 5.74) is 5.53. The molecule has 0 radical (unpaired) electrons. The van der Waals surface area contributed by atoms with Gasteiger partial charge in [-0.1, -0.05) is 13.8 Å². The molecule has 17 heavy (non-hydrogen) atoms. The summed E-state index contributed by atoms with van der Waals surface area (Å²) < 4.78 is 5.44. The number of carbonyl (C=O) groups excluding carboxylic acids is 1. The van der Waals surface area contributed by atoms with Gasteiger partial charge >= 0.3 is 0 Å². The highest BCUT2D eigenvalue weighted by atomic mass is 16.4. The first kappa shape index (κ1) is 13.7. The third-order valence-electron chi connectivity index (χ3n) is 3.35. The molecule has 3 N–H and O–H groups in total. The Balaban J connectivity index is 2.74. The first-order valence-corrected chi connectivity index (χ1v) is 5.75. The molecule has 1 aromatic heterocycles. The monoisotopic (exact) mass is 239 g/mol. The van der Waals surface area contributed by atoms with E-state index in [0.29, 0.717) is 12.4 Å². The molecule has 5 nitrogen and oxygen atoms in total. The molecule has 1 atom stereocenters. The van der Waals surface area contributed by atoms with E-state index < -0.39 is 5.54 Å². The van der Waals surface area contributed by atoms with E-state index >= 15 is 0 Å². The van der Waals surface area contributed by atoms with Crippen molar-refractivity contribution in [2.75, 3.05) is 0 Å². The first-order valence-electron chi connectivity index (χ1n) is 5.75. The highest BCUT2D eigenvalue weighted by Gasteiger charge is 2.34. The van der Waals surface area contributed by atoms with Crippen LogP contribution in [0, 0.1) is 19.8 Å². The number of nitrogens with two attached hydrogens (primary N) is 1. The van der Waals surface area contributed by atoms with Crippen LogP contribution in [0.3, 0.4) is 0 Å². The van der Waals surface area contributed by atoms with Crippen LogP contribution in [0.5, 0.6) is 0 Å². The third kappa shape index (κ3) is 2.85. The van der Waals surface area contributed by atoms with E-state index in [1.54, 1.807) is 6.92 Å². The second kappa shape index (κ2) is 4.87. The quantitative estimate of drug-likeness (QED) is 0.811. The van der Waals surface area contributed by atoms with Crippen molar-refractivity contribution in [3.8, 4) is 0 Å². The zero-order chi connectivity index (χ0) is 13.2. The van der Waals surface area contributed by atoms with E-state index in [4.69, 9.17) is 10.2 Å². The van der Waals surface area contributed by atoms with Crippen molar-refractivity contribution in [1.82, 2.24) is 10.3 Å². The summed E-state index contributed by atoms with van der Waals surface area (Å²) in [5, 5.41) is 3.12. The average molecular weight is 239 g/mol. The molecular weight excluding hydrogens is 218 g/mol. The fourth-order valence-electron chi connectivity index (χ4n) is 1.45. The number of hydrogen-bond donors (Lipinski definition) is 2. The Morgan fingerprint density at radius 1 is 1.53 bits per heavy atom. The molecule has 0 spiro atoms. The highest BCUT2D eigenvalue weighted by Crippen LogP contribution is 2.17. The Hall–Kier alpha value is -1.36. The maximum Gasteiger partial charge on any atom is 0.237 e. The van der Waals surface area contributed by atoms with Crippen LogP contribution in [0.1, 0.15) is 38.1 Å². The van der Waals surface area contributed by atoms with E-state index in [1.165, 1.54) is 0 Å². The molecule has 0 aliphatic rings. The molecule has 1 amide bonds. The van der Waals surface area contributed by atoms with Gasteiger partial charge in [-0.15, -0.1) is 0 Å². The molecule has 1 rings (SSSR count). The van der Waals surface area contributed by atoms with Gasteiger partial charge in [-0.3, -0.25) is 10.1 Å². The van der Waals surface area contributed by atoms with Crippen LogP contribution in [0.4, 0.5) is 0 Å². The zero-order valence-electron chi connectivity index (χ0n) is 11.1. The normalized spacial score (nSPS) is 14.9. The van der Waals surface area contributed by atoms with Gasteiger partial charge < -0.3 is 10.2 Å². The fourth-order valence-corrected chi connectivity index (χ4v) is 1.45. The molecule has 1 unspecified atom stereocenters. The van der Waals surface area contributed by atoms with E-state index in [2.05, 4.69) is 10.3 Å². The van der Waals surface area contributed by atoms with Gasteiger partial charge in [-0.05, 0) is 26.7 Å². The minimum absolute atomic E-state index is 0.0946. The molecular formula is C12H21N3O2. The van der Waals surface area contributed by atoms with Crippen LogP contribution < -0.4 is 11.1 Å². The summed E-state index contributed by atoms with van der Waals surface area (Å²) >= 11 is 0. The van der Waals surface area contributed by atoms with E-state index in [0.717, 1.165) is 11.5 Å². The smallest absolute Gasteiger partial charge is 0.237 e. The van der Waals surface area contributed by atoms with Gasteiger partial charge in [0.2, 0.25) is 11.8 Å². The number of hydrogen-bond acceptors (Lipinski definition) is 4. The number of primary amides is 1. The number of oxazole rings is 1. The maximum absolute atomic E-state index is 11.5. The topological polar surface area (TPSA) is 81.1 Å². The Labute approximate surface area is 102 Å². The molecule has 0 saturated heterocycles. The third-order valence-corrected chi connectivity index (χ3v) is 3.35. The number of amides is 1. The van der Waals surface area contributed by atoms with Crippen molar-refractivity contribution < 1.29 is 9.21 Å². The van der Waals surface area contributed by atoms with Crippen molar-refractivity contribution in [1.29, 1.82) is 0 Å². The summed E-state index contributed by atoms with van der Waals surface area (Å²) in [4.78, 5) is 15.7. The Kier molecular flexibility index (Phi) is 3.93.